The molecular formula is C33H25Cl2N3O9. The molecule has 0 aliphatic carbocycles. The summed E-state index contributed by atoms with van der Waals surface area (Å²) in [6.07, 6.45) is -4.62. The third kappa shape index (κ3) is 9.39. The number of anilines is 1. The second-order valence-electron chi connectivity index (χ2n) is 9.84. The number of carbonyl (C=O) groups is 6. The van der Waals surface area contributed by atoms with Crippen LogP contribution in [0.5, 0.6) is 0 Å². The van der Waals surface area contributed by atoms with Crippen LogP contribution >= 0.6 is 23.2 Å². The van der Waals surface area contributed by atoms with Crippen molar-refractivity contribution in [1.82, 2.24) is 10.9 Å². The Morgan fingerprint density at radius 2 is 1.00 bits per heavy atom. The predicted molar refractivity (Wildman–Crippen MR) is 170 cm³/mol. The van der Waals surface area contributed by atoms with Crippen LogP contribution in [0, 0.1) is 6.92 Å². The number of halogens is 2. The Hall–Kier alpha value is -5.72. The van der Waals surface area contributed by atoms with Crippen LogP contribution in [0.15, 0.2) is 97.1 Å². The molecule has 0 spiro atoms. The van der Waals surface area contributed by atoms with Crippen LogP contribution in [0.1, 0.15) is 47.0 Å². The van der Waals surface area contributed by atoms with Crippen molar-refractivity contribution in [2.45, 2.75) is 19.1 Å². The standard InChI is InChI=1S/C33H25Cl2N3O9/c1-18-2-4-19(5-3-18)28(39)36-25-16-10-20(11-17-25)29(40)37-38-30(41)26(46-32(44)21-6-12-23(34)13-7-21)27(31(42)43)47-33(45)22-8-14-24(35)15-9-22/h2-17,26-27H,1H3,(H,36,39)(H,37,40)(H,38,41)(H,42,43)/t26-,27-/m1/s1. The summed E-state index contributed by atoms with van der Waals surface area (Å²) >= 11 is 11.7. The van der Waals surface area contributed by atoms with Gasteiger partial charge in [0.2, 0.25) is 12.2 Å². The van der Waals surface area contributed by atoms with Crippen molar-refractivity contribution in [3.05, 3.63) is 135 Å². The molecule has 14 heteroatoms. The van der Waals surface area contributed by atoms with Crippen LogP contribution in [-0.4, -0.2) is 52.9 Å². The monoisotopic (exact) mass is 677 g/mol. The molecule has 0 radical (unpaired) electrons. The molecule has 4 rings (SSSR count). The lowest BCUT2D eigenvalue weighted by molar-refractivity contribution is -0.159. The molecule has 0 aromatic heterocycles. The number of hydrogen-bond acceptors (Lipinski definition) is 8. The fourth-order valence-corrected chi connectivity index (χ4v) is 4.16. The molecule has 47 heavy (non-hydrogen) atoms. The Kier molecular flexibility index (Phi) is 11.3. The largest absolute Gasteiger partial charge is 0.478 e. The van der Waals surface area contributed by atoms with Crippen molar-refractivity contribution in [1.29, 1.82) is 0 Å². The summed E-state index contributed by atoms with van der Waals surface area (Å²) in [5.41, 5.74) is 5.74. The number of carbonyl (C=O) groups excluding carboxylic acids is 5. The van der Waals surface area contributed by atoms with E-state index in [4.69, 9.17) is 32.7 Å². The van der Waals surface area contributed by atoms with Gasteiger partial charge in [-0.25, -0.2) is 14.4 Å². The molecule has 0 saturated heterocycles. The van der Waals surface area contributed by atoms with Crippen LogP contribution in [0.4, 0.5) is 5.69 Å². The van der Waals surface area contributed by atoms with E-state index >= 15 is 0 Å². The molecule has 0 bridgehead atoms. The number of benzene rings is 4. The zero-order chi connectivity index (χ0) is 34.1. The maximum absolute atomic E-state index is 13.2. The smallest absolute Gasteiger partial charge is 0.349 e. The summed E-state index contributed by atoms with van der Waals surface area (Å²) < 4.78 is 10.2. The van der Waals surface area contributed by atoms with Gasteiger partial charge < -0.3 is 19.9 Å². The van der Waals surface area contributed by atoms with E-state index in [0.717, 1.165) is 5.56 Å². The highest BCUT2D eigenvalue weighted by molar-refractivity contribution is 6.31. The Morgan fingerprint density at radius 3 is 1.49 bits per heavy atom. The predicted octanol–water partition coefficient (Wildman–Crippen LogP) is 4.85. The summed E-state index contributed by atoms with van der Waals surface area (Å²) in [6.45, 7) is 1.89. The first-order chi connectivity index (χ1) is 22.4. The first-order valence-corrected chi connectivity index (χ1v) is 14.4. The molecular weight excluding hydrogens is 653 g/mol. The maximum Gasteiger partial charge on any atom is 0.349 e. The second kappa shape index (κ2) is 15.5. The van der Waals surface area contributed by atoms with Crippen molar-refractivity contribution in [3.63, 3.8) is 0 Å². The molecule has 4 aromatic rings. The third-order valence-corrected chi connectivity index (χ3v) is 6.93. The number of carboxylic acid groups (broad SMARTS) is 1. The lowest BCUT2D eigenvalue weighted by Crippen LogP contribution is -2.54. The van der Waals surface area contributed by atoms with E-state index in [0.29, 0.717) is 21.3 Å². The number of aliphatic carboxylic acids is 1. The number of ether oxygens (including phenoxy) is 2. The van der Waals surface area contributed by atoms with E-state index in [2.05, 4.69) is 10.7 Å². The number of amides is 3. The van der Waals surface area contributed by atoms with E-state index in [1.165, 1.54) is 72.8 Å². The lowest BCUT2D eigenvalue weighted by Gasteiger charge is -2.23. The zero-order valence-corrected chi connectivity index (χ0v) is 25.9. The summed E-state index contributed by atoms with van der Waals surface area (Å²) in [7, 11) is 0. The second-order valence-corrected chi connectivity index (χ2v) is 10.7. The number of hydrogen-bond donors (Lipinski definition) is 4. The number of carboxylic acids is 1. The fourth-order valence-electron chi connectivity index (χ4n) is 3.91. The molecule has 0 fully saturated rings. The van der Waals surface area contributed by atoms with E-state index in [1.54, 1.807) is 24.3 Å². The van der Waals surface area contributed by atoms with Crippen LogP contribution in [0.3, 0.4) is 0 Å². The number of hydrazine groups is 1. The van der Waals surface area contributed by atoms with Crippen LogP contribution in [-0.2, 0) is 19.1 Å². The molecule has 0 aliphatic rings. The molecule has 0 heterocycles. The highest BCUT2D eigenvalue weighted by Gasteiger charge is 2.41. The Morgan fingerprint density at radius 1 is 0.574 bits per heavy atom. The third-order valence-electron chi connectivity index (χ3n) is 6.42. The molecule has 4 aromatic carbocycles. The van der Waals surface area contributed by atoms with Gasteiger partial charge in [0.25, 0.3) is 17.7 Å². The normalized spacial score (nSPS) is 11.7. The Labute approximate surface area is 277 Å². The fraction of sp³-hybridized carbons (Fsp3) is 0.0909. The van der Waals surface area contributed by atoms with Gasteiger partial charge in [0.15, 0.2) is 0 Å². The van der Waals surface area contributed by atoms with Gasteiger partial charge in [-0.3, -0.25) is 25.2 Å². The Balaban J connectivity index is 1.47. The lowest BCUT2D eigenvalue weighted by atomic mass is 10.1. The SMILES string of the molecule is Cc1ccc(C(=O)Nc2ccc(C(=O)NNC(=O)[C@H](OC(=O)c3ccc(Cl)cc3)[C@@H](OC(=O)c3ccc(Cl)cc3)C(=O)O)cc2)cc1. The summed E-state index contributed by atoms with van der Waals surface area (Å²) in [4.78, 5) is 76.2. The average molecular weight is 678 g/mol. The summed E-state index contributed by atoms with van der Waals surface area (Å²) in [6, 6.07) is 23.1. The summed E-state index contributed by atoms with van der Waals surface area (Å²) in [5.74, 6) is -6.68. The van der Waals surface area contributed by atoms with E-state index < -0.39 is 41.9 Å². The van der Waals surface area contributed by atoms with Gasteiger partial charge in [-0.2, -0.15) is 0 Å². The number of nitrogens with one attached hydrogen (secondary N) is 3. The van der Waals surface area contributed by atoms with Crippen molar-refractivity contribution in [2.24, 2.45) is 0 Å². The van der Waals surface area contributed by atoms with Gasteiger partial charge >= 0.3 is 17.9 Å². The van der Waals surface area contributed by atoms with Crippen LogP contribution in [0.2, 0.25) is 10.0 Å². The minimum absolute atomic E-state index is 0.0392. The molecule has 4 N–H and O–H groups in total. The molecule has 2 atom stereocenters. The van der Waals surface area contributed by atoms with Gasteiger partial charge in [0, 0.05) is 26.9 Å². The number of aryl methyl sites for hydroxylation is 1. The summed E-state index contributed by atoms with van der Waals surface area (Å²) in [5, 5.41) is 13.2. The van der Waals surface area contributed by atoms with Crippen molar-refractivity contribution < 1.29 is 43.3 Å². The van der Waals surface area contributed by atoms with E-state index in [-0.39, 0.29) is 22.6 Å². The van der Waals surface area contributed by atoms with E-state index in [1.807, 2.05) is 12.3 Å². The molecule has 0 unspecified atom stereocenters. The first-order valence-electron chi connectivity index (χ1n) is 13.7. The quantitative estimate of drug-likeness (QED) is 0.135. The van der Waals surface area contributed by atoms with Crippen molar-refractivity contribution in [3.8, 4) is 0 Å². The minimum atomic E-state index is -2.34. The van der Waals surface area contributed by atoms with Crippen molar-refractivity contribution >= 4 is 64.5 Å². The van der Waals surface area contributed by atoms with Crippen LogP contribution < -0.4 is 16.2 Å². The zero-order valence-electron chi connectivity index (χ0n) is 24.4. The number of esters is 2. The van der Waals surface area contributed by atoms with Gasteiger partial charge in [-0.1, -0.05) is 40.9 Å². The van der Waals surface area contributed by atoms with Gasteiger partial charge in [0.05, 0.1) is 11.1 Å². The van der Waals surface area contributed by atoms with Gasteiger partial charge in [-0.15, -0.1) is 0 Å². The maximum atomic E-state index is 13.2. The molecule has 240 valence electrons. The topological polar surface area (TPSA) is 177 Å². The highest BCUT2D eigenvalue weighted by Crippen LogP contribution is 2.17. The molecule has 3 amide bonds. The highest BCUT2D eigenvalue weighted by atomic mass is 35.5. The molecule has 12 nitrogen and oxygen atoms in total. The minimum Gasteiger partial charge on any atom is -0.478 e. The van der Waals surface area contributed by atoms with Gasteiger partial charge in [-0.05, 0) is 91.9 Å². The average Bonchev–Trinajstić information content (AvgIpc) is 3.06. The van der Waals surface area contributed by atoms with E-state index in [9.17, 15) is 33.9 Å². The number of rotatable bonds is 10. The van der Waals surface area contributed by atoms with Crippen LogP contribution in [0.25, 0.3) is 0 Å². The van der Waals surface area contributed by atoms with Gasteiger partial charge in [0.1, 0.15) is 0 Å². The van der Waals surface area contributed by atoms with Crippen molar-refractivity contribution in [2.75, 3.05) is 5.32 Å². The molecule has 0 aliphatic heterocycles. The molecule has 0 saturated carbocycles. The first kappa shape index (κ1) is 34.2. The Bertz CT molecular complexity index is 1800.